The molecular weight excluding hydrogens is 320 g/mol. The van der Waals surface area contributed by atoms with Crippen LogP contribution in [-0.2, 0) is 4.79 Å². The van der Waals surface area contributed by atoms with Gasteiger partial charge in [0, 0.05) is 51.7 Å². The molecule has 0 saturated carbocycles. The molecule has 0 radical (unpaired) electrons. The SMILES string of the molecule is Nc1nccnc1C(=O)N1CCN(CC(=O)N2CCCCCC2)CC1. The van der Waals surface area contributed by atoms with Crippen LogP contribution in [0.4, 0.5) is 5.82 Å². The van der Waals surface area contributed by atoms with Gasteiger partial charge in [0.2, 0.25) is 5.91 Å². The average molecular weight is 346 g/mol. The highest BCUT2D eigenvalue weighted by Crippen LogP contribution is 2.13. The molecule has 25 heavy (non-hydrogen) atoms. The van der Waals surface area contributed by atoms with Crippen LogP contribution >= 0.6 is 0 Å². The van der Waals surface area contributed by atoms with Gasteiger partial charge in [-0.15, -0.1) is 0 Å². The lowest BCUT2D eigenvalue weighted by molar-refractivity contribution is -0.132. The van der Waals surface area contributed by atoms with Gasteiger partial charge in [-0.3, -0.25) is 14.5 Å². The number of piperazine rings is 1. The summed E-state index contributed by atoms with van der Waals surface area (Å²) >= 11 is 0. The minimum Gasteiger partial charge on any atom is -0.382 e. The molecule has 0 bridgehead atoms. The van der Waals surface area contributed by atoms with Crippen molar-refractivity contribution >= 4 is 17.6 Å². The van der Waals surface area contributed by atoms with Crippen LogP contribution in [0.5, 0.6) is 0 Å². The Morgan fingerprint density at radius 1 is 0.880 bits per heavy atom. The molecule has 2 fully saturated rings. The van der Waals surface area contributed by atoms with Gasteiger partial charge in [-0.1, -0.05) is 12.8 Å². The number of carbonyl (C=O) groups excluding carboxylic acids is 2. The maximum Gasteiger partial charge on any atom is 0.276 e. The molecule has 0 aromatic carbocycles. The van der Waals surface area contributed by atoms with Crippen molar-refractivity contribution in [2.45, 2.75) is 25.7 Å². The molecule has 3 heterocycles. The van der Waals surface area contributed by atoms with Gasteiger partial charge in [0.15, 0.2) is 11.5 Å². The number of aromatic nitrogens is 2. The van der Waals surface area contributed by atoms with Gasteiger partial charge in [0.05, 0.1) is 6.54 Å². The maximum absolute atomic E-state index is 12.5. The predicted octanol–water partition coefficient (Wildman–Crippen LogP) is 0.219. The van der Waals surface area contributed by atoms with E-state index in [4.69, 9.17) is 5.73 Å². The van der Waals surface area contributed by atoms with E-state index in [1.165, 1.54) is 25.2 Å². The van der Waals surface area contributed by atoms with Crippen molar-refractivity contribution in [1.82, 2.24) is 24.7 Å². The highest BCUT2D eigenvalue weighted by molar-refractivity contribution is 5.96. The first-order valence-corrected chi connectivity index (χ1v) is 9.01. The van der Waals surface area contributed by atoms with Crippen molar-refractivity contribution in [1.29, 1.82) is 0 Å². The summed E-state index contributed by atoms with van der Waals surface area (Å²) in [7, 11) is 0. The lowest BCUT2D eigenvalue weighted by atomic mass is 10.2. The Bertz CT molecular complexity index is 607. The van der Waals surface area contributed by atoms with Gasteiger partial charge in [-0.25, -0.2) is 9.97 Å². The lowest BCUT2D eigenvalue weighted by Crippen LogP contribution is -2.51. The summed E-state index contributed by atoms with van der Waals surface area (Å²) in [6.07, 6.45) is 7.59. The van der Waals surface area contributed by atoms with Crippen LogP contribution in [-0.4, -0.2) is 82.3 Å². The summed E-state index contributed by atoms with van der Waals surface area (Å²) in [5.41, 5.74) is 5.94. The van der Waals surface area contributed by atoms with Crippen LogP contribution in [0.15, 0.2) is 12.4 Å². The van der Waals surface area contributed by atoms with Crippen molar-refractivity contribution in [3.05, 3.63) is 18.1 Å². The Morgan fingerprint density at radius 2 is 1.52 bits per heavy atom. The molecule has 0 spiro atoms. The van der Waals surface area contributed by atoms with Crippen LogP contribution < -0.4 is 5.73 Å². The van der Waals surface area contributed by atoms with Gasteiger partial charge in [0.25, 0.3) is 5.91 Å². The number of amides is 2. The standard InChI is InChI=1S/C17H26N6O2/c18-16-15(19-5-6-20-16)17(25)23-11-9-21(10-12-23)13-14(24)22-7-3-1-2-4-8-22/h5-6H,1-4,7-13H2,(H2,18,20). The van der Waals surface area contributed by atoms with E-state index in [1.807, 2.05) is 4.90 Å². The number of nitrogen functional groups attached to an aromatic ring is 1. The van der Waals surface area contributed by atoms with E-state index in [0.29, 0.717) is 32.7 Å². The topological polar surface area (TPSA) is 95.7 Å². The van der Waals surface area contributed by atoms with Crippen molar-refractivity contribution in [2.24, 2.45) is 0 Å². The van der Waals surface area contributed by atoms with E-state index in [-0.39, 0.29) is 23.3 Å². The molecule has 8 heteroatoms. The van der Waals surface area contributed by atoms with Crippen molar-refractivity contribution in [3.8, 4) is 0 Å². The van der Waals surface area contributed by atoms with Gasteiger partial charge in [0.1, 0.15) is 0 Å². The molecule has 2 saturated heterocycles. The van der Waals surface area contributed by atoms with E-state index in [1.54, 1.807) is 4.90 Å². The number of likely N-dealkylation sites (tertiary alicyclic amines) is 1. The third-order valence-corrected chi connectivity index (χ3v) is 4.91. The fraction of sp³-hybridized carbons (Fsp3) is 0.647. The largest absolute Gasteiger partial charge is 0.382 e. The van der Waals surface area contributed by atoms with E-state index >= 15 is 0 Å². The van der Waals surface area contributed by atoms with Crippen molar-refractivity contribution in [3.63, 3.8) is 0 Å². The smallest absolute Gasteiger partial charge is 0.276 e. The zero-order valence-corrected chi connectivity index (χ0v) is 14.6. The second kappa shape index (κ2) is 8.24. The lowest BCUT2D eigenvalue weighted by Gasteiger charge is -2.35. The van der Waals surface area contributed by atoms with E-state index in [0.717, 1.165) is 25.9 Å². The molecule has 2 aliphatic rings. The van der Waals surface area contributed by atoms with Crippen molar-refractivity contribution in [2.75, 3.05) is 51.5 Å². The van der Waals surface area contributed by atoms with E-state index < -0.39 is 0 Å². The monoisotopic (exact) mass is 346 g/mol. The number of anilines is 1. The normalized spacial score (nSPS) is 19.5. The number of nitrogens with two attached hydrogens (primary N) is 1. The highest BCUT2D eigenvalue weighted by atomic mass is 16.2. The van der Waals surface area contributed by atoms with Crippen LogP contribution in [0, 0.1) is 0 Å². The quantitative estimate of drug-likeness (QED) is 0.841. The van der Waals surface area contributed by atoms with Crippen LogP contribution in [0.1, 0.15) is 36.2 Å². The number of nitrogens with zero attached hydrogens (tertiary/aromatic N) is 5. The second-order valence-corrected chi connectivity index (χ2v) is 6.65. The molecule has 3 rings (SSSR count). The molecule has 0 atom stereocenters. The Balaban J connectivity index is 1.49. The minimum absolute atomic E-state index is 0.159. The third kappa shape index (κ3) is 4.45. The summed E-state index contributed by atoms with van der Waals surface area (Å²) in [5.74, 6) is 0.176. The molecule has 1 aromatic rings. The van der Waals surface area contributed by atoms with Crippen LogP contribution in [0.2, 0.25) is 0 Å². The predicted molar refractivity (Wildman–Crippen MR) is 93.8 cm³/mol. The highest BCUT2D eigenvalue weighted by Gasteiger charge is 2.26. The summed E-state index contributed by atoms with van der Waals surface area (Å²) in [6, 6.07) is 0. The summed E-state index contributed by atoms with van der Waals surface area (Å²) < 4.78 is 0. The molecule has 1 aromatic heterocycles. The number of rotatable bonds is 3. The molecule has 2 aliphatic heterocycles. The molecule has 2 N–H and O–H groups in total. The minimum atomic E-state index is -0.191. The molecule has 2 amide bonds. The molecule has 0 unspecified atom stereocenters. The Hall–Kier alpha value is -2.22. The van der Waals surface area contributed by atoms with Crippen LogP contribution in [0.3, 0.4) is 0 Å². The Labute approximate surface area is 148 Å². The zero-order valence-electron chi connectivity index (χ0n) is 14.6. The summed E-state index contributed by atoms with van der Waals surface area (Å²) in [5, 5.41) is 0. The zero-order chi connectivity index (χ0) is 17.6. The molecule has 0 aliphatic carbocycles. The Morgan fingerprint density at radius 3 is 2.16 bits per heavy atom. The maximum atomic E-state index is 12.5. The second-order valence-electron chi connectivity index (χ2n) is 6.65. The number of carbonyl (C=O) groups is 2. The number of hydrogen-bond donors (Lipinski definition) is 1. The fourth-order valence-electron chi connectivity index (χ4n) is 3.38. The first-order chi connectivity index (χ1) is 12.1. The van der Waals surface area contributed by atoms with Crippen LogP contribution in [0.25, 0.3) is 0 Å². The molecular formula is C17H26N6O2. The average Bonchev–Trinajstić information content (AvgIpc) is 2.92. The first kappa shape index (κ1) is 17.6. The summed E-state index contributed by atoms with van der Waals surface area (Å²) in [6.45, 7) is 4.71. The van der Waals surface area contributed by atoms with Crippen molar-refractivity contribution < 1.29 is 9.59 Å². The van der Waals surface area contributed by atoms with E-state index in [9.17, 15) is 9.59 Å². The Kier molecular flexibility index (Phi) is 5.80. The van der Waals surface area contributed by atoms with E-state index in [2.05, 4.69) is 14.9 Å². The van der Waals surface area contributed by atoms with Gasteiger partial charge >= 0.3 is 0 Å². The molecule has 8 nitrogen and oxygen atoms in total. The molecule has 136 valence electrons. The van der Waals surface area contributed by atoms with Gasteiger partial charge in [-0.05, 0) is 12.8 Å². The number of hydrogen-bond acceptors (Lipinski definition) is 6. The summed E-state index contributed by atoms with van der Waals surface area (Å²) in [4.78, 5) is 38.8. The van der Waals surface area contributed by atoms with Gasteiger partial charge in [-0.2, -0.15) is 0 Å². The third-order valence-electron chi connectivity index (χ3n) is 4.91. The fourth-order valence-corrected chi connectivity index (χ4v) is 3.38. The first-order valence-electron chi connectivity index (χ1n) is 9.01. The van der Waals surface area contributed by atoms with Gasteiger partial charge < -0.3 is 15.5 Å².